The van der Waals surface area contributed by atoms with Crippen molar-refractivity contribution in [3.8, 4) is 28.7 Å². The van der Waals surface area contributed by atoms with Gasteiger partial charge in [-0.3, -0.25) is 0 Å². The number of phenolic OH excluding ortho intramolecular Hbond substituents is 1. The molecule has 1 N–H and O–H groups in total. The standard InChI is InChI=1S/C22H18O7/c1-26-17-8-3-14(4-9-17)21(24)28-19-12-7-16(23)13-20(19)29-22(25)15-5-10-18(27-2)11-6-15/h3-13,23H,1-2H3. The summed E-state index contributed by atoms with van der Waals surface area (Å²) in [5.41, 5.74) is 0.549. The summed E-state index contributed by atoms with van der Waals surface area (Å²) >= 11 is 0. The summed E-state index contributed by atoms with van der Waals surface area (Å²) in [6, 6.07) is 16.5. The van der Waals surface area contributed by atoms with Gasteiger partial charge in [0.1, 0.15) is 17.2 Å². The van der Waals surface area contributed by atoms with Crippen LogP contribution in [0.3, 0.4) is 0 Å². The summed E-state index contributed by atoms with van der Waals surface area (Å²) in [5, 5.41) is 9.74. The van der Waals surface area contributed by atoms with Crippen molar-refractivity contribution in [2.24, 2.45) is 0 Å². The summed E-state index contributed by atoms with van der Waals surface area (Å²) in [6.07, 6.45) is 0. The van der Waals surface area contributed by atoms with Crippen LogP contribution in [-0.2, 0) is 0 Å². The number of carbonyl (C=O) groups excluding carboxylic acids is 2. The zero-order valence-electron chi connectivity index (χ0n) is 15.7. The third kappa shape index (κ3) is 4.84. The van der Waals surface area contributed by atoms with Crippen molar-refractivity contribution in [1.82, 2.24) is 0 Å². The van der Waals surface area contributed by atoms with Gasteiger partial charge in [-0.1, -0.05) is 0 Å². The molecule has 0 aliphatic carbocycles. The summed E-state index contributed by atoms with van der Waals surface area (Å²) in [6.45, 7) is 0. The number of hydrogen-bond donors (Lipinski definition) is 1. The molecule has 0 aliphatic rings. The van der Waals surface area contributed by atoms with Crippen LogP contribution >= 0.6 is 0 Å². The van der Waals surface area contributed by atoms with Crippen molar-refractivity contribution in [3.63, 3.8) is 0 Å². The topological polar surface area (TPSA) is 91.3 Å². The van der Waals surface area contributed by atoms with E-state index in [0.717, 1.165) is 0 Å². The number of methoxy groups -OCH3 is 2. The summed E-state index contributed by atoms with van der Waals surface area (Å²) in [4.78, 5) is 24.8. The van der Waals surface area contributed by atoms with E-state index in [-0.39, 0.29) is 28.4 Å². The molecule has 3 rings (SSSR count). The van der Waals surface area contributed by atoms with Crippen molar-refractivity contribution < 1.29 is 33.6 Å². The monoisotopic (exact) mass is 394 g/mol. The molecule has 0 unspecified atom stereocenters. The zero-order chi connectivity index (χ0) is 20.8. The first kappa shape index (κ1) is 19.8. The Morgan fingerprint density at radius 1 is 0.655 bits per heavy atom. The molecule has 0 bridgehead atoms. The van der Waals surface area contributed by atoms with Crippen molar-refractivity contribution in [2.45, 2.75) is 0 Å². The Morgan fingerprint density at radius 2 is 1.10 bits per heavy atom. The third-order valence-corrected chi connectivity index (χ3v) is 3.98. The minimum absolute atomic E-state index is 0.00882. The molecular weight excluding hydrogens is 376 g/mol. The molecule has 0 atom stereocenters. The van der Waals surface area contributed by atoms with E-state index in [1.54, 1.807) is 36.4 Å². The van der Waals surface area contributed by atoms with Crippen molar-refractivity contribution in [1.29, 1.82) is 0 Å². The van der Waals surface area contributed by atoms with E-state index in [0.29, 0.717) is 11.5 Å². The first-order valence-corrected chi connectivity index (χ1v) is 8.55. The molecule has 0 radical (unpaired) electrons. The maximum absolute atomic E-state index is 12.4. The second-order valence-corrected chi connectivity index (χ2v) is 5.87. The first-order valence-electron chi connectivity index (χ1n) is 8.55. The fourth-order valence-corrected chi connectivity index (χ4v) is 2.43. The average Bonchev–Trinajstić information content (AvgIpc) is 2.75. The number of ether oxygens (including phenoxy) is 4. The highest BCUT2D eigenvalue weighted by molar-refractivity contribution is 5.93. The van der Waals surface area contributed by atoms with Gasteiger partial charge in [0.25, 0.3) is 0 Å². The minimum atomic E-state index is -0.681. The van der Waals surface area contributed by atoms with Crippen LogP contribution < -0.4 is 18.9 Å². The molecule has 0 fully saturated rings. The van der Waals surface area contributed by atoms with Gasteiger partial charge >= 0.3 is 11.9 Å². The number of rotatable bonds is 6. The molecule has 0 spiro atoms. The molecule has 148 valence electrons. The molecule has 0 aromatic heterocycles. The largest absolute Gasteiger partial charge is 0.508 e. The first-order chi connectivity index (χ1) is 14.0. The highest BCUT2D eigenvalue weighted by atomic mass is 16.6. The van der Waals surface area contributed by atoms with E-state index < -0.39 is 11.9 Å². The third-order valence-electron chi connectivity index (χ3n) is 3.98. The summed E-state index contributed by atoms with van der Waals surface area (Å²) < 4.78 is 20.8. The molecule has 7 heteroatoms. The van der Waals surface area contributed by atoms with Crippen molar-refractivity contribution in [2.75, 3.05) is 14.2 Å². The fraction of sp³-hybridized carbons (Fsp3) is 0.0909. The zero-order valence-corrected chi connectivity index (χ0v) is 15.7. The lowest BCUT2D eigenvalue weighted by Crippen LogP contribution is -2.12. The van der Waals surface area contributed by atoms with Crippen LogP contribution in [-0.4, -0.2) is 31.3 Å². The van der Waals surface area contributed by atoms with Crippen molar-refractivity contribution in [3.05, 3.63) is 77.9 Å². The molecule has 3 aromatic carbocycles. The smallest absolute Gasteiger partial charge is 0.343 e. The predicted molar refractivity (Wildman–Crippen MR) is 104 cm³/mol. The summed E-state index contributed by atoms with van der Waals surface area (Å²) in [7, 11) is 3.04. The van der Waals surface area contributed by atoms with E-state index in [1.165, 1.54) is 44.6 Å². The molecule has 0 saturated heterocycles. The Labute approximate surface area is 167 Å². The number of esters is 2. The van der Waals surface area contributed by atoms with Crippen LogP contribution in [0.25, 0.3) is 0 Å². The number of aromatic hydroxyl groups is 1. The maximum atomic E-state index is 12.4. The minimum Gasteiger partial charge on any atom is -0.508 e. The Bertz CT molecular complexity index is 1010. The Balaban J connectivity index is 1.79. The van der Waals surface area contributed by atoms with Gasteiger partial charge in [0.15, 0.2) is 11.5 Å². The quantitative estimate of drug-likeness (QED) is 0.502. The van der Waals surface area contributed by atoms with E-state index in [2.05, 4.69) is 0 Å². The molecular formula is C22H18O7. The summed E-state index contributed by atoms with van der Waals surface area (Å²) in [5.74, 6) is -0.390. The van der Waals surface area contributed by atoms with E-state index >= 15 is 0 Å². The van der Waals surface area contributed by atoms with Crippen LogP contribution in [0.1, 0.15) is 20.7 Å². The Morgan fingerprint density at radius 3 is 1.55 bits per heavy atom. The molecule has 7 nitrogen and oxygen atoms in total. The van der Waals surface area contributed by atoms with Crippen LogP contribution in [0.15, 0.2) is 66.7 Å². The average molecular weight is 394 g/mol. The molecule has 0 aliphatic heterocycles. The van der Waals surface area contributed by atoms with E-state index in [4.69, 9.17) is 18.9 Å². The SMILES string of the molecule is COc1ccc(C(=O)Oc2ccc(O)cc2OC(=O)c2ccc(OC)cc2)cc1. The number of hydrogen-bond acceptors (Lipinski definition) is 7. The van der Waals surface area contributed by atoms with Gasteiger partial charge in [0.05, 0.1) is 25.3 Å². The lowest BCUT2D eigenvalue weighted by molar-refractivity contribution is 0.0682. The number of carbonyl (C=O) groups is 2. The van der Waals surface area contributed by atoms with Gasteiger partial charge in [0, 0.05) is 6.07 Å². The van der Waals surface area contributed by atoms with Gasteiger partial charge in [0.2, 0.25) is 0 Å². The van der Waals surface area contributed by atoms with Crippen molar-refractivity contribution >= 4 is 11.9 Å². The second kappa shape index (κ2) is 8.79. The highest BCUT2D eigenvalue weighted by Crippen LogP contribution is 2.32. The molecule has 0 saturated carbocycles. The maximum Gasteiger partial charge on any atom is 0.343 e. The predicted octanol–water partition coefficient (Wildman–Crippen LogP) is 3.85. The molecule has 0 heterocycles. The Hall–Kier alpha value is -4.00. The molecule has 3 aromatic rings. The lowest BCUT2D eigenvalue weighted by atomic mass is 10.2. The van der Waals surface area contributed by atoms with E-state index in [1.807, 2.05) is 0 Å². The molecule has 0 amide bonds. The fourth-order valence-electron chi connectivity index (χ4n) is 2.43. The Kier molecular flexibility index (Phi) is 5.99. The van der Waals surface area contributed by atoms with Gasteiger partial charge in [-0.25, -0.2) is 9.59 Å². The van der Waals surface area contributed by atoms with E-state index in [9.17, 15) is 14.7 Å². The second-order valence-electron chi connectivity index (χ2n) is 5.87. The normalized spacial score (nSPS) is 10.1. The number of phenols is 1. The van der Waals surface area contributed by atoms with Crippen LogP contribution in [0.2, 0.25) is 0 Å². The van der Waals surface area contributed by atoms with Crippen LogP contribution in [0.4, 0.5) is 0 Å². The van der Waals surface area contributed by atoms with Crippen LogP contribution in [0, 0.1) is 0 Å². The van der Waals surface area contributed by atoms with Gasteiger partial charge in [-0.2, -0.15) is 0 Å². The molecule has 29 heavy (non-hydrogen) atoms. The number of benzene rings is 3. The lowest BCUT2D eigenvalue weighted by Gasteiger charge is -2.11. The van der Waals surface area contributed by atoms with Gasteiger partial charge in [-0.15, -0.1) is 0 Å². The highest BCUT2D eigenvalue weighted by Gasteiger charge is 2.17. The van der Waals surface area contributed by atoms with Gasteiger partial charge in [-0.05, 0) is 60.7 Å². The van der Waals surface area contributed by atoms with Gasteiger partial charge < -0.3 is 24.1 Å². The van der Waals surface area contributed by atoms with Crippen LogP contribution in [0.5, 0.6) is 28.7 Å².